The molecule has 0 radical (unpaired) electrons. The molecule has 1 fully saturated rings. The maximum absolute atomic E-state index is 12.3. The van der Waals surface area contributed by atoms with E-state index in [1.165, 1.54) is 0 Å². The highest BCUT2D eigenvalue weighted by atomic mass is 32.2. The molecule has 1 saturated heterocycles. The van der Waals surface area contributed by atoms with Gasteiger partial charge in [0.05, 0.1) is 17.8 Å². The molecule has 3 N–H and O–H groups in total. The highest BCUT2D eigenvalue weighted by Crippen LogP contribution is 2.29. The highest BCUT2D eigenvalue weighted by Gasteiger charge is 2.29. The molecule has 3 aliphatic rings. The van der Waals surface area contributed by atoms with Gasteiger partial charge >= 0.3 is 0 Å². The molecule has 8 nitrogen and oxygen atoms in total. The Morgan fingerprint density at radius 2 is 1.93 bits per heavy atom. The van der Waals surface area contributed by atoms with Gasteiger partial charge in [-0.15, -0.1) is 0 Å². The van der Waals surface area contributed by atoms with Crippen molar-refractivity contribution in [1.82, 2.24) is 20.6 Å². The summed E-state index contributed by atoms with van der Waals surface area (Å²) in [7, 11) is 0. The summed E-state index contributed by atoms with van der Waals surface area (Å²) >= 11 is 1.59. The molecule has 3 rings (SSSR count). The minimum Gasteiger partial charge on any atom is -0.340 e. The molecule has 1 aliphatic carbocycles. The van der Waals surface area contributed by atoms with Gasteiger partial charge in [0, 0.05) is 39.1 Å². The minimum atomic E-state index is -0.0462. The van der Waals surface area contributed by atoms with E-state index in [0.717, 1.165) is 19.3 Å². The first kappa shape index (κ1) is 21.0. The van der Waals surface area contributed by atoms with Crippen LogP contribution in [-0.4, -0.2) is 82.5 Å². The summed E-state index contributed by atoms with van der Waals surface area (Å²) in [6, 6.07) is 0.125. The van der Waals surface area contributed by atoms with Gasteiger partial charge in [-0.25, -0.2) is 5.48 Å². The van der Waals surface area contributed by atoms with Crippen molar-refractivity contribution in [2.75, 3.05) is 39.3 Å². The van der Waals surface area contributed by atoms with E-state index < -0.39 is 0 Å². The first-order valence-electron chi connectivity index (χ1n) is 9.92. The van der Waals surface area contributed by atoms with Gasteiger partial charge in [0.15, 0.2) is 5.17 Å². The van der Waals surface area contributed by atoms with E-state index in [4.69, 9.17) is 5.21 Å². The van der Waals surface area contributed by atoms with Crippen LogP contribution in [0.25, 0.3) is 0 Å². The Morgan fingerprint density at radius 3 is 2.68 bits per heavy atom. The number of nitrogens with zero attached hydrogens (tertiary/aromatic N) is 3. The van der Waals surface area contributed by atoms with Crippen molar-refractivity contribution >= 4 is 28.7 Å². The Labute approximate surface area is 170 Å². The zero-order valence-electron chi connectivity index (χ0n) is 16.0. The van der Waals surface area contributed by atoms with Gasteiger partial charge in [-0.05, 0) is 12.8 Å². The van der Waals surface area contributed by atoms with E-state index in [9.17, 15) is 9.59 Å². The first-order valence-corrected chi connectivity index (χ1v) is 10.8. The molecular weight excluding hydrogens is 378 g/mol. The summed E-state index contributed by atoms with van der Waals surface area (Å²) in [5, 5.41) is 12.4. The maximum atomic E-state index is 12.3. The average molecular weight is 408 g/mol. The van der Waals surface area contributed by atoms with Gasteiger partial charge in [0.25, 0.3) is 0 Å². The van der Waals surface area contributed by atoms with E-state index >= 15 is 0 Å². The van der Waals surface area contributed by atoms with Gasteiger partial charge in [0.1, 0.15) is 0 Å². The molecular formula is C19H29N5O3S. The molecule has 2 unspecified atom stereocenters. The normalized spacial score (nSPS) is 24.2. The Kier molecular flexibility index (Phi) is 8.08. The molecule has 9 heteroatoms. The number of carbonyl (C=O) groups is 2. The number of carbonyl (C=O) groups excluding carboxylic acids is 2. The van der Waals surface area contributed by atoms with Crippen LogP contribution in [0.5, 0.6) is 0 Å². The quantitative estimate of drug-likeness (QED) is 0.406. The fourth-order valence-corrected chi connectivity index (χ4v) is 4.56. The second kappa shape index (κ2) is 10.8. The molecule has 0 aromatic carbocycles. The van der Waals surface area contributed by atoms with Gasteiger partial charge < -0.3 is 15.4 Å². The van der Waals surface area contributed by atoms with E-state index in [1.54, 1.807) is 11.8 Å². The number of fused-ring (bicyclic) bond motifs is 1. The molecule has 154 valence electrons. The van der Waals surface area contributed by atoms with Crippen LogP contribution in [0.1, 0.15) is 25.7 Å². The van der Waals surface area contributed by atoms with Crippen LogP contribution in [0, 0.1) is 0 Å². The summed E-state index contributed by atoms with van der Waals surface area (Å²) in [5.74, 6) is 0.136. The standard InChI is InChI=1S/C19H29N5O3S/c25-17(22-19-21-15-6-3-4-7-16(15)28-19)14-23-10-12-24(13-11-23)18(26)8-2-1-5-9-20-27/h3-4,6-7,15-16,20,27H,1-2,5,8-14H2,(H,21,22,25). The summed E-state index contributed by atoms with van der Waals surface area (Å²) in [4.78, 5) is 33.1. The maximum Gasteiger partial charge on any atom is 0.240 e. The van der Waals surface area contributed by atoms with E-state index in [2.05, 4.69) is 32.8 Å². The summed E-state index contributed by atoms with van der Waals surface area (Å²) in [6.45, 7) is 3.65. The van der Waals surface area contributed by atoms with Gasteiger partial charge in [-0.1, -0.05) is 42.5 Å². The fraction of sp³-hybridized carbons (Fsp3) is 0.632. The lowest BCUT2D eigenvalue weighted by Crippen LogP contribution is -2.51. The molecule has 0 aromatic heterocycles. The van der Waals surface area contributed by atoms with Gasteiger partial charge in [-0.3, -0.25) is 19.5 Å². The number of allylic oxidation sites excluding steroid dienone is 2. The lowest BCUT2D eigenvalue weighted by molar-refractivity contribution is -0.133. The Bertz CT molecular complexity index is 643. The lowest BCUT2D eigenvalue weighted by atomic mass is 10.1. The van der Waals surface area contributed by atoms with Crippen molar-refractivity contribution in [3.05, 3.63) is 24.3 Å². The van der Waals surface area contributed by atoms with E-state index in [0.29, 0.717) is 50.9 Å². The van der Waals surface area contributed by atoms with Crippen LogP contribution in [0.2, 0.25) is 0 Å². The third kappa shape index (κ3) is 6.16. The van der Waals surface area contributed by atoms with Crippen LogP contribution < -0.4 is 10.8 Å². The van der Waals surface area contributed by atoms with Crippen molar-refractivity contribution in [2.24, 2.45) is 4.99 Å². The Balaban J connectivity index is 1.32. The number of rotatable bonds is 8. The topological polar surface area (TPSA) is 97.3 Å². The average Bonchev–Trinajstić information content (AvgIpc) is 3.10. The van der Waals surface area contributed by atoms with Crippen LogP contribution in [-0.2, 0) is 9.59 Å². The van der Waals surface area contributed by atoms with Crippen molar-refractivity contribution in [2.45, 2.75) is 37.0 Å². The molecule has 0 saturated carbocycles. The highest BCUT2D eigenvalue weighted by molar-refractivity contribution is 8.14. The smallest absolute Gasteiger partial charge is 0.240 e. The second-order valence-corrected chi connectivity index (χ2v) is 8.37. The van der Waals surface area contributed by atoms with Crippen molar-refractivity contribution in [1.29, 1.82) is 0 Å². The summed E-state index contributed by atoms with van der Waals surface area (Å²) in [5.41, 5.74) is 2.13. The van der Waals surface area contributed by atoms with Crippen LogP contribution >= 0.6 is 11.8 Å². The van der Waals surface area contributed by atoms with Crippen LogP contribution in [0.15, 0.2) is 29.3 Å². The predicted molar refractivity (Wildman–Crippen MR) is 110 cm³/mol. The largest absolute Gasteiger partial charge is 0.340 e. The number of piperazine rings is 1. The number of thioether (sulfide) groups is 1. The number of hydrogen-bond acceptors (Lipinski definition) is 7. The van der Waals surface area contributed by atoms with E-state index in [1.807, 2.05) is 17.1 Å². The Hall–Kier alpha value is -1.68. The molecule has 0 spiro atoms. The number of amides is 2. The third-order valence-corrected chi connectivity index (χ3v) is 6.23. The SMILES string of the molecule is O=C(CN1CCN(C(=O)CCCCCNO)CC1)NC1=NC2C=CC=CC2S1. The molecule has 2 atom stereocenters. The van der Waals surface area contributed by atoms with Crippen molar-refractivity contribution in [3.63, 3.8) is 0 Å². The molecule has 28 heavy (non-hydrogen) atoms. The molecule has 2 heterocycles. The van der Waals surface area contributed by atoms with Crippen molar-refractivity contribution < 1.29 is 14.8 Å². The fourth-order valence-electron chi connectivity index (χ4n) is 3.49. The molecule has 0 bridgehead atoms. The second-order valence-electron chi connectivity index (χ2n) is 7.20. The van der Waals surface area contributed by atoms with Gasteiger partial charge in [-0.2, -0.15) is 0 Å². The monoisotopic (exact) mass is 407 g/mol. The number of aliphatic imine (C=N–C) groups is 1. The number of hydrogen-bond donors (Lipinski definition) is 3. The third-order valence-electron chi connectivity index (χ3n) is 5.09. The zero-order valence-corrected chi connectivity index (χ0v) is 16.9. The zero-order chi connectivity index (χ0) is 19.8. The molecule has 2 aliphatic heterocycles. The molecule has 0 aromatic rings. The number of unbranched alkanes of at least 4 members (excludes halogenated alkanes) is 2. The minimum absolute atomic E-state index is 0.0462. The number of amidine groups is 1. The predicted octanol–water partition coefficient (Wildman–Crippen LogP) is 0.752. The first-order chi connectivity index (χ1) is 13.7. The number of nitrogens with one attached hydrogen (secondary N) is 2. The summed E-state index contributed by atoms with van der Waals surface area (Å²) in [6.07, 6.45) is 11.3. The van der Waals surface area contributed by atoms with Crippen molar-refractivity contribution in [3.8, 4) is 0 Å². The van der Waals surface area contributed by atoms with Gasteiger partial charge in [0.2, 0.25) is 11.8 Å². The van der Waals surface area contributed by atoms with E-state index in [-0.39, 0.29) is 23.1 Å². The van der Waals surface area contributed by atoms with Crippen LogP contribution in [0.3, 0.4) is 0 Å². The summed E-state index contributed by atoms with van der Waals surface area (Å²) < 4.78 is 0. The lowest BCUT2D eigenvalue weighted by Gasteiger charge is -2.34. The number of hydroxylamine groups is 1. The molecule has 2 amide bonds. The Morgan fingerprint density at radius 1 is 1.14 bits per heavy atom. The van der Waals surface area contributed by atoms with Crippen LogP contribution in [0.4, 0.5) is 0 Å².